The zero-order chi connectivity index (χ0) is 25.9. The highest BCUT2D eigenvalue weighted by atomic mass is 19.1. The summed E-state index contributed by atoms with van der Waals surface area (Å²) < 4.78 is 21.9. The molecule has 1 saturated heterocycles. The van der Waals surface area contributed by atoms with Gasteiger partial charge in [-0.2, -0.15) is 0 Å². The molecule has 0 unspecified atom stereocenters. The second-order valence-electron chi connectivity index (χ2n) is 10.3. The topological polar surface area (TPSA) is 88.5 Å². The molecule has 2 aromatic carbocycles. The van der Waals surface area contributed by atoms with Crippen LogP contribution >= 0.6 is 0 Å². The Morgan fingerprint density at radius 1 is 1.11 bits per heavy atom. The van der Waals surface area contributed by atoms with Crippen LogP contribution in [-0.2, 0) is 17.9 Å². The summed E-state index contributed by atoms with van der Waals surface area (Å²) in [6.45, 7) is 6.68. The number of fused-ring (bicyclic) bond motifs is 4. The number of hydrogen-bond acceptors (Lipinski definition) is 5. The van der Waals surface area contributed by atoms with Crippen LogP contribution in [-0.4, -0.2) is 58.0 Å². The lowest BCUT2D eigenvalue weighted by molar-refractivity contribution is -0.122. The van der Waals surface area contributed by atoms with Gasteiger partial charge in [0, 0.05) is 31.6 Å². The summed E-state index contributed by atoms with van der Waals surface area (Å²) in [5.74, 6) is 0.800. The number of carbonyl (C=O) groups is 2. The van der Waals surface area contributed by atoms with Crippen molar-refractivity contribution in [3.05, 3.63) is 59.7 Å². The number of imidazole rings is 1. The fourth-order valence-corrected chi connectivity index (χ4v) is 5.44. The monoisotopic (exact) mass is 507 g/mol. The molecule has 2 aliphatic rings. The Balaban J connectivity index is 1.44. The number of nitrogens with zero attached hydrogens (tertiary/aromatic N) is 3. The van der Waals surface area contributed by atoms with E-state index < -0.39 is 5.82 Å². The summed E-state index contributed by atoms with van der Waals surface area (Å²) in [6, 6.07) is 12.1. The van der Waals surface area contributed by atoms with Crippen LogP contribution in [0.5, 0.6) is 5.75 Å². The third-order valence-corrected chi connectivity index (χ3v) is 7.16. The molecule has 1 fully saturated rings. The van der Waals surface area contributed by atoms with Crippen molar-refractivity contribution in [1.82, 2.24) is 25.1 Å². The second-order valence-corrected chi connectivity index (χ2v) is 10.3. The van der Waals surface area contributed by atoms with Crippen molar-refractivity contribution >= 4 is 22.8 Å². The van der Waals surface area contributed by atoms with Gasteiger partial charge in [-0.25, -0.2) is 9.37 Å². The molecule has 5 rings (SSSR count). The summed E-state index contributed by atoms with van der Waals surface area (Å²) in [6.07, 6.45) is 2.06. The molecule has 0 saturated carbocycles. The predicted octanol–water partition coefficient (Wildman–Crippen LogP) is 3.49. The molecular weight excluding hydrogens is 473 g/mol. The maximum absolute atomic E-state index is 14.0. The largest absolute Gasteiger partial charge is 0.491 e. The maximum Gasteiger partial charge on any atom is 0.255 e. The normalized spacial score (nSPS) is 21.3. The number of hydrogen-bond donors (Lipinski definition) is 2. The summed E-state index contributed by atoms with van der Waals surface area (Å²) in [4.78, 5) is 33.1. The Bertz CT molecular complexity index is 1290. The molecule has 0 aliphatic carbocycles. The van der Waals surface area contributed by atoms with E-state index in [-0.39, 0.29) is 36.1 Å². The standard InChI is InChI=1S/C28H34FN5O3/c1-18(2)16-34-24-6-4-3-5-23(24)32-26(34)17-33-20-8-9-21(33)15-31-28(36)22-13-19(29)7-10-25(22)37-12-11-30-27(35)14-20/h3-7,10,13,18,20-21H,8-9,11-12,14-17H2,1-2H3,(H,30,35)(H,31,36)/t20-,21+/m0/s1. The average Bonchev–Trinajstić information content (AvgIpc) is 3.41. The van der Waals surface area contributed by atoms with Gasteiger partial charge >= 0.3 is 0 Å². The van der Waals surface area contributed by atoms with Gasteiger partial charge < -0.3 is 19.9 Å². The second kappa shape index (κ2) is 10.9. The van der Waals surface area contributed by atoms with E-state index in [1.807, 2.05) is 18.2 Å². The Hall–Kier alpha value is -3.46. The molecule has 2 amide bonds. The van der Waals surface area contributed by atoms with Crippen LogP contribution in [0.3, 0.4) is 0 Å². The van der Waals surface area contributed by atoms with Gasteiger partial charge in [-0.15, -0.1) is 0 Å². The van der Waals surface area contributed by atoms with Gasteiger partial charge in [0.2, 0.25) is 5.91 Å². The van der Waals surface area contributed by atoms with Gasteiger partial charge in [0.15, 0.2) is 0 Å². The predicted molar refractivity (Wildman–Crippen MR) is 139 cm³/mol. The number of ether oxygens (including phenoxy) is 1. The fourth-order valence-electron chi connectivity index (χ4n) is 5.44. The van der Waals surface area contributed by atoms with Crippen LogP contribution in [0.4, 0.5) is 4.39 Å². The molecule has 8 nitrogen and oxygen atoms in total. The molecule has 2 bridgehead atoms. The van der Waals surface area contributed by atoms with Crippen molar-refractivity contribution in [2.75, 3.05) is 19.7 Å². The first-order valence-corrected chi connectivity index (χ1v) is 13.1. The van der Waals surface area contributed by atoms with Crippen molar-refractivity contribution in [2.45, 2.75) is 58.3 Å². The Morgan fingerprint density at radius 2 is 1.92 bits per heavy atom. The maximum atomic E-state index is 14.0. The minimum absolute atomic E-state index is 0.0231. The third kappa shape index (κ3) is 5.61. The van der Waals surface area contributed by atoms with E-state index in [9.17, 15) is 14.0 Å². The molecule has 0 radical (unpaired) electrons. The van der Waals surface area contributed by atoms with Crippen LogP contribution < -0.4 is 15.4 Å². The highest BCUT2D eigenvalue weighted by Gasteiger charge is 2.36. The Kier molecular flexibility index (Phi) is 7.41. The minimum atomic E-state index is -0.501. The summed E-state index contributed by atoms with van der Waals surface area (Å²) in [7, 11) is 0. The van der Waals surface area contributed by atoms with E-state index in [1.54, 1.807) is 0 Å². The van der Waals surface area contributed by atoms with E-state index in [2.05, 4.69) is 40.0 Å². The van der Waals surface area contributed by atoms with E-state index >= 15 is 0 Å². The number of aromatic nitrogens is 2. The van der Waals surface area contributed by atoms with Gasteiger partial charge in [0.25, 0.3) is 5.91 Å². The quantitative estimate of drug-likeness (QED) is 0.565. The zero-order valence-corrected chi connectivity index (χ0v) is 21.4. The minimum Gasteiger partial charge on any atom is -0.491 e. The van der Waals surface area contributed by atoms with Crippen LogP contribution in [0.1, 0.15) is 49.3 Å². The van der Waals surface area contributed by atoms with E-state index in [1.165, 1.54) is 18.2 Å². The van der Waals surface area contributed by atoms with Gasteiger partial charge in [-0.3, -0.25) is 14.5 Å². The molecule has 0 spiro atoms. The van der Waals surface area contributed by atoms with Gasteiger partial charge in [-0.05, 0) is 49.1 Å². The van der Waals surface area contributed by atoms with Crippen molar-refractivity contribution in [3.63, 3.8) is 0 Å². The molecule has 196 valence electrons. The van der Waals surface area contributed by atoms with E-state index in [0.717, 1.165) is 36.2 Å². The van der Waals surface area contributed by atoms with Crippen LogP contribution in [0.25, 0.3) is 11.0 Å². The number of halogens is 1. The SMILES string of the molecule is CC(C)Cn1c(CN2[C@@H]3CC[C@H]2CC(=O)NCCOc2ccc(F)cc2C(=O)NC3)nc2ccccc21. The summed E-state index contributed by atoms with van der Waals surface area (Å²) >= 11 is 0. The molecule has 3 heterocycles. The van der Waals surface area contributed by atoms with Crippen LogP contribution in [0.15, 0.2) is 42.5 Å². The van der Waals surface area contributed by atoms with E-state index in [4.69, 9.17) is 9.72 Å². The Morgan fingerprint density at radius 3 is 2.76 bits per heavy atom. The highest BCUT2D eigenvalue weighted by Crippen LogP contribution is 2.30. The van der Waals surface area contributed by atoms with Crippen molar-refractivity contribution < 1.29 is 18.7 Å². The number of carbonyl (C=O) groups excluding carboxylic acids is 2. The highest BCUT2D eigenvalue weighted by molar-refractivity contribution is 5.97. The number of benzene rings is 2. The number of rotatable bonds is 4. The lowest BCUT2D eigenvalue weighted by Crippen LogP contribution is -2.45. The first-order chi connectivity index (χ1) is 17.9. The molecule has 3 aromatic rings. The lowest BCUT2D eigenvalue weighted by atomic mass is 10.1. The van der Waals surface area contributed by atoms with Crippen LogP contribution in [0, 0.1) is 11.7 Å². The van der Waals surface area contributed by atoms with Gasteiger partial charge in [-0.1, -0.05) is 26.0 Å². The molecule has 2 atom stereocenters. The first-order valence-electron chi connectivity index (χ1n) is 13.1. The molecule has 9 heteroatoms. The molecule has 2 N–H and O–H groups in total. The number of amides is 2. The number of nitrogens with one attached hydrogen (secondary N) is 2. The van der Waals surface area contributed by atoms with Gasteiger partial charge in [0.1, 0.15) is 24.0 Å². The van der Waals surface area contributed by atoms with Crippen LogP contribution in [0.2, 0.25) is 0 Å². The Labute approximate surface area is 216 Å². The smallest absolute Gasteiger partial charge is 0.255 e. The molecule has 2 aliphatic heterocycles. The molecule has 1 aromatic heterocycles. The number of para-hydroxylation sites is 2. The average molecular weight is 508 g/mol. The van der Waals surface area contributed by atoms with Gasteiger partial charge in [0.05, 0.1) is 29.7 Å². The van der Waals surface area contributed by atoms with E-state index in [0.29, 0.717) is 37.7 Å². The van der Waals surface area contributed by atoms with Crippen molar-refractivity contribution in [2.24, 2.45) is 5.92 Å². The summed E-state index contributed by atoms with van der Waals surface area (Å²) in [5, 5.41) is 5.92. The summed E-state index contributed by atoms with van der Waals surface area (Å²) in [5.41, 5.74) is 2.21. The first kappa shape index (κ1) is 25.2. The zero-order valence-electron chi connectivity index (χ0n) is 21.4. The van der Waals surface area contributed by atoms with Crippen molar-refractivity contribution in [1.29, 1.82) is 0 Å². The molecular formula is C28H34FN5O3. The van der Waals surface area contributed by atoms with Crippen molar-refractivity contribution in [3.8, 4) is 5.75 Å². The molecule has 37 heavy (non-hydrogen) atoms. The third-order valence-electron chi connectivity index (χ3n) is 7.16. The fraction of sp³-hybridized carbons (Fsp3) is 0.464. The lowest BCUT2D eigenvalue weighted by Gasteiger charge is -2.30.